The fourth-order valence-electron chi connectivity index (χ4n) is 1.74. The Hall–Kier alpha value is -2.31. The molecule has 1 amide bonds. The summed E-state index contributed by atoms with van der Waals surface area (Å²) in [6, 6.07) is 11.8. The molecule has 0 saturated carbocycles. The monoisotopic (exact) mass is 335 g/mol. The van der Waals surface area contributed by atoms with Gasteiger partial charge in [-0.3, -0.25) is 15.6 Å². The van der Waals surface area contributed by atoms with E-state index in [2.05, 4.69) is 16.2 Å². The number of hydrogen-bond donors (Lipinski definition) is 4. The standard InChI is InChI=1S/C15H14ClN3O2S/c1-9-4-2-3-5-12(9)17-15(22)19-18-14(21)11-8-10(16)6-7-13(11)20/h2-8,20H,1H3,(H,18,21)(H2,17,19,22). The summed E-state index contributed by atoms with van der Waals surface area (Å²) in [5, 5.41) is 13.2. The molecule has 4 N–H and O–H groups in total. The quantitative estimate of drug-likeness (QED) is 0.501. The highest BCUT2D eigenvalue weighted by molar-refractivity contribution is 7.80. The topological polar surface area (TPSA) is 73.4 Å². The highest BCUT2D eigenvalue weighted by atomic mass is 35.5. The summed E-state index contributed by atoms with van der Waals surface area (Å²) < 4.78 is 0. The van der Waals surface area contributed by atoms with Crippen LogP contribution in [-0.4, -0.2) is 16.1 Å². The molecular weight excluding hydrogens is 322 g/mol. The van der Waals surface area contributed by atoms with Gasteiger partial charge in [-0.05, 0) is 49.0 Å². The molecule has 0 aliphatic carbocycles. The average molecular weight is 336 g/mol. The third kappa shape index (κ3) is 4.09. The van der Waals surface area contributed by atoms with Gasteiger partial charge < -0.3 is 10.4 Å². The van der Waals surface area contributed by atoms with Crippen LogP contribution in [0, 0.1) is 6.92 Å². The van der Waals surface area contributed by atoms with Gasteiger partial charge in [-0.2, -0.15) is 0 Å². The molecule has 0 radical (unpaired) electrons. The summed E-state index contributed by atoms with van der Waals surface area (Å²) in [6.45, 7) is 1.94. The molecule has 0 fully saturated rings. The summed E-state index contributed by atoms with van der Waals surface area (Å²) in [5.41, 5.74) is 6.87. The Balaban J connectivity index is 1.95. The van der Waals surface area contributed by atoms with Crippen molar-refractivity contribution in [1.82, 2.24) is 10.9 Å². The van der Waals surface area contributed by atoms with Crippen molar-refractivity contribution >= 4 is 40.5 Å². The molecule has 0 aromatic heterocycles. The van der Waals surface area contributed by atoms with E-state index in [4.69, 9.17) is 23.8 Å². The predicted molar refractivity (Wildman–Crippen MR) is 91.1 cm³/mol. The second-order valence-electron chi connectivity index (χ2n) is 4.51. The molecule has 0 saturated heterocycles. The molecule has 5 nitrogen and oxygen atoms in total. The Kier molecular flexibility index (Phi) is 5.19. The molecule has 2 rings (SSSR count). The van der Waals surface area contributed by atoms with Gasteiger partial charge in [0.15, 0.2) is 5.11 Å². The van der Waals surface area contributed by atoms with E-state index in [-0.39, 0.29) is 16.4 Å². The average Bonchev–Trinajstić information content (AvgIpc) is 2.49. The van der Waals surface area contributed by atoms with Crippen LogP contribution >= 0.6 is 23.8 Å². The molecule has 0 unspecified atom stereocenters. The van der Waals surface area contributed by atoms with E-state index < -0.39 is 5.91 Å². The normalized spacial score (nSPS) is 9.91. The Bertz CT molecular complexity index is 722. The number of hydrazine groups is 1. The Morgan fingerprint density at radius 2 is 1.91 bits per heavy atom. The van der Waals surface area contributed by atoms with Gasteiger partial charge in [-0.1, -0.05) is 29.8 Å². The lowest BCUT2D eigenvalue weighted by Gasteiger charge is -2.13. The number of nitrogens with one attached hydrogen (secondary N) is 3. The second kappa shape index (κ2) is 7.11. The molecule has 114 valence electrons. The fraction of sp³-hybridized carbons (Fsp3) is 0.0667. The minimum absolute atomic E-state index is 0.0543. The highest BCUT2D eigenvalue weighted by Crippen LogP contribution is 2.21. The zero-order chi connectivity index (χ0) is 16.1. The minimum atomic E-state index is -0.547. The molecule has 0 bridgehead atoms. The van der Waals surface area contributed by atoms with Crippen molar-refractivity contribution in [3.8, 4) is 5.75 Å². The Labute approximate surface area is 138 Å². The van der Waals surface area contributed by atoms with Gasteiger partial charge in [0.25, 0.3) is 5.91 Å². The summed E-state index contributed by atoms with van der Waals surface area (Å²) in [4.78, 5) is 12.0. The number of rotatable bonds is 2. The maximum atomic E-state index is 12.0. The summed E-state index contributed by atoms with van der Waals surface area (Å²) in [5.74, 6) is -0.713. The van der Waals surface area contributed by atoms with Crippen LogP contribution in [0.3, 0.4) is 0 Å². The number of phenolic OH excluding ortho intramolecular Hbond substituents is 1. The van der Waals surface area contributed by atoms with Crippen LogP contribution in [-0.2, 0) is 0 Å². The van der Waals surface area contributed by atoms with Gasteiger partial charge in [0.1, 0.15) is 5.75 Å². The number of benzene rings is 2. The smallest absolute Gasteiger partial charge is 0.273 e. The van der Waals surface area contributed by atoms with Crippen LogP contribution < -0.4 is 16.2 Å². The highest BCUT2D eigenvalue weighted by Gasteiger charge is 2.12. The van der Waals surface area contributed by atoms with Gasteiger partial charge in [-0.15, -0.1) is 0 Å². The van der Waals surface area contributed by atoms with E-state index in [1.54, 1.807) is 0 Å². The molecule has 0 aliphatic heterocycles. The number of thiocarbonyl (C=S) groups is 1. The molecule has 22 heavy (non-hydrogen) atoms. The number of phenols is 1. The molecule has 0 spiro atoms. The lowest BCUT2D eigenvalue weighted by atomic mass is 10.2. The first-order valence-electron chi connectivity index (χ1n) is 6.39. The first-order chi connectivity index (χ1) is 10.5. The van der Waals surface area contributed by atoms with Crippen LogP contribution in [0.5, 0.6) is 5.75 Å². The number of carbonyl (C=O) groups is 1. The Morgan fingerprint density at radius 1 is 1.18 bits per heavy atom. The van der Waals surface area contributed by atoms with Gasteiger partial charge >= 0.3 is 0 Å². The number of para-hydroxylation sites is 1. The van der Waals surface area contributed by atoms with Crippen molar-refractivity contribution in [1.29, 1.82) is 0 Å². The number of amides is 1. The van der Waals surface area contributed by atoms with Crippen molar-refractivity contribution in [2.45, 2.75) is 6.92 Å². The second-order valence-corrected chi connectivity index (χ2v) is 5.35. The molecule has 0 aliphatic rings. The summed E-state index contributed by atoms with van der Waals surface area (Å²) in [6.07, 6.45) is 0. The van der Waals surface area contributed by atoms with Crippen LogP contribution in [0.25, 0.3) is 0 Å². The molecule has 0 heterocycles. The van der Waals surface area contributed by atoms with Gasteiger partial charge in [-0.25, -0.2) is 0 Å². The van der Waals surface area contributed by atoms with Crippen molar-refractivity contribution in [3.05, 3.63) is 58.6 Å². The van der Waals surface area contributed by atoms with Crippen LogP contribution in [0.4, 0.5) is 5.69 Å². The SMILES string of the molecule is Cc1ccccc1NC(=S)NNC(=O)c1cc(Cl)ccc1O. The van der Waals surface area contributed by atoms with E-state index in [1.165, 1.54) is 18.2 Å². The predicted octanol–water partition coefficient (Wildman–Crippen LogP) is 2.99. The fourth-order valence-corrected chi connectivity index (χ4v) is 2.07. The van der Waals surface area contributed by atoms with Gasteiger partial charge in [0, 0.05) is 10.7 Å². The third-order valence-electron chi connectivity index (χ3n) is 2.89. The molecule has 0 atom stereocenters. The first-order valence-corrected chi connectivity index (χ1v) is 7.17. The summed E-state index contributed by atoms with van der Waals surface area (Å²) in [7, 11) is 0. The number of anilines is 1. The molecule has 2 aromatic rings. The lowest BCUT2D eigenvalue weighted by molar-refractivity contribution is 0.0941. The first kappa shape index (κ1) is 16.1. The number of carbonyl (C=O) groups excluding carboxylic acids is 1. The maximum absolute atomic E-state index is 12.0. The minimum Gasteiger partial charge on any atom is -0.507 e. The van der Waals surface area contributed by atoms with E-state index in [1.807, 2.05) is 31.2 Å². The van der Waals surface area contributed by atoms with Gasteiger partial charge in [0.2, 0.25) is 0 Å². The molecular formula is C15H14ClN3O2S. The number of halogens is 1. The van der Waals surface area contributed by atoms with E-state index >= 15 is 0 Å². The zero-order valence-corrected chi connectivity index (χ0v) is 13.3. The molecule has 2 aromatic carbocycles. The summed E-state index contributed by atoms with van der Waals surface area (Å²) >= 11 is 10.9. The third-order valence-corrected chi connectivity index (χ3v) is 3.33. The zero-order valence-electron chi connectivity index (χ0n) is 11.7. The van der Waals surface area contributed by atoms with E-state index in [0.29, 0.717) is 5.02 Å². The van der Waals surface area contributed by atoms with E-state index in [0.717, 1.165) is 11.3 Å². The number of aryl methyl sites for hydroxylation is 1. The van der Waals surface area contributed by atoms with Crippen molar-refractivity contribution in [3.63, 3.8) is 0 Å². The number of aromatic hydroxyl groups is 1. The lowest BCUT2D eigenvalue weighted by Crippen LogP contribution is -2.43. The van der Waals surface area contributed by atoms with Crippen molar-refractivity contribution in [2.75, 3.05) is 5.32 Å². The van der Waals surface area contributed by atoms with Gasteiger partial charge in [0.05, 0.1) is 5.56 Å². The van der Waals surface area contributed by atoms with Crippen LogP contribution in [0.2, 0.25) is 5.02 Å². The largest absolute Gasteiger partial charge is 0.507 e. The van der Waals surface area contributed by atoms with Crippen molar-refractivity contribution < 1.29 is 9.90 Å². The van der Waals surface area contributed by atoms with Crippen LogP contribution in [0.15, 0.2) is 42.5 Å². The maximum Gasteiger partial charge on any atom is 0.273 e. The van der Waals surface area contributed by atoms with E-state index in [9.17, 15) is 9.90 Å². The number of hydrogen-bond acceptors (Lipinski definition) is 3. The van der Waals surface area contributed by atoms with Crippen molar-refractivity contribution in [2.24, 2.45) is 0 Å². The Morgan fingerprint density at radius 3 is 2.64 bits per heavy atom. The van der Waals surface area contributed by atoms with Crippen LogP contribution in [0.1, 0.15) is 15.9 Å². The molecule has 7 heteroatoms.